The molecule has 0 radical (unpaired) electrons. The van der Waals surface area contributed by atoms with E-state index in [9.17, 15) is 4.79 Å². The van der Waals surface area contributed by atoms with E-state index in [2.05, 4.69) is 21.4 Å². The van der Waals surface area contributed by atoms with Gasteiger partial charge < -0.3 is 19.7 Å². The van der Waals surface area contributed by atoms with Crippen LogP contribution in [0.1, 0.15) is 69.6 Å². The smallest absolute Gasteiger partial charge is 0.410 e. The Morgan fingerprint density at radius 2 is 1.88 bits per heavy atom. The quantitative estimate of drug-likeness (QED) is 0.647. The standard InChI is InChI=1S/C26H33N5O3/c1-16-11-18(14-27)9-10-22(16)30-23-17(2)24(29-15-28-23)33-21-12-19-7-6-8-20(13-21)31(19)25(32)34-26(3,4)5/h9-11,15,19-21H,6-8,12-13H2,1-5H3,(H,28,29,30). The van der Waals surface area contributed by atoms with Crippen molar-refractivity contribution in [3.05, 3.63) is 41.2 Å². The molecule has 0 aliphatic carbocycles. The van der Waals surface area contributed by atoms with Crippen molar-refractivity contribution < 1.29 is 14.3 Å². The lowest BCUT2D eigenvalue weighted by molar-refractivity contribution is -0.0413. The molecule has 1 aromatic carbocycles. The van der Waals surface area contributed by atoms with E-state index in [0.717, 1.165) is 48.9 Å². The van der Waals surface area contributed by atoms with Gasteiger partial charge in [-0.1, -0.05) is 0 Å². The molecule has 2 aliphatic heterocycles. The van der Waals surface area contributed by atoms with Gasteiger partial charge in [-0.3, -0.25) is 0 Å². The Morgan fingerprint density at radius 1 is 1.18 bits per heavy atom. The van der Waals surface area contributed by atoms with Gasteiger partial charge in [-0.25, -0.2) is 14.8 Å². The number of amides is 1. The molecule has 2 saturated heterocycles. The SMILES string of the molecule is Cc1cc(C#N)ccc1Nc1ncnc(OC2CC3CCCC(C2)N3C(=O)OC(C)(C)C)c1C. The fourth-order valence-electron chi connectivity index (χ4n) is 4.88. The number of nitrogens with zero attached hydrogens (tertiary/aromatic N) is 4. The maximum atomic E-state index is 12.8. The summed E-state index contributed by atoms with van der Waals surface area (Å²) in [5.41, 5.74) is 2.78. The molecule has 4 rings (SSSR count). The lowest BCUT2D eigenvalue weighted by Crippen LogP contribution is -2.57. The second kappa shape index (κ2) is 9.49. The molecule has 2 fully saturated rings. The van der Waals surface area contributed by atoms with Crippen molar-refractivity contribution in [1.82, 2.24) is 14.9 Å². The first-order chi connectivity index (χ1) is 16.1. The topological polar surface area (TPSA) is 100 Å². The molecule has 2 bridgehead atoms. The van der Waals surface area contributed by atoms with Gasteiger partial charge in [0.1, 0.15) is 23.9 Å². The lowest BCUT2D eigenvalue weighted by Gasteiger charge is -2.48. The molecule has 0 saturated carbocycles. The molecule has 1 aromatic heterocycles. The minimum Gasteiger partial charge on any atom is -0.474 e. The van der Waals surface area contributed by atoms with Gasteiger partial charge in [0, 0.05) is 30.6 Å². The van der Waals surface area contributed by atoms with Crippen molar-refractivity contribution >= 4 is 17.6 Å². The van der Waals surface area contributed by atoms with E-state index >= 15 is 0 Å². The van der Waals surface area contributed by atoms with E-state index in [1.165, 1.54) is 6.33 Å². The number of hydrogen-bond acceptors (Lipinski definition) is 7. The molecule has 1 N–H and O–H groups in total. The Labute approximate surface area is 201 Å². The monoisotopic (exact) mass is 463 g/mol. The fourth-order valence-corrected chi connectivity index (χ4v) is 4.88. The number of fused-ring (bicyclic) bond motifs is 2. The third-order valence-corrected chi connectivity index (χ3v) is 6.46. The summed E-state index contributed by atoms with van der Waals surface area (Å²) in [5, 5.41) is 12.4. The van der Waals surface area contributed by atoms with Crippen LogP contribution in [0.3, 0.4) is 0 Å². The van der Waals surface area contributed by atoms with Crippen molar-refractivity contribution in [3.8, 4) is 11.9 Å². The number of anilines is 2. The van der Waals surface area contributed by atoms with Crippen LogP contribution in [0.2, 0.25) is 0 Å². The Morgan fingerprint density at radius 3 is 2.50 bits per heavy atom. The van der Waals surface area contributed by atoms with Gasteiger partial charge in [-0.15, -0.1) is 0 Å². The lowest BCUT2D eigenvalue weighted by atomic mass is 9.83. The van der Waals surface area contributed by atoms with E-state index in [-0.39, 0.29) is 24.3 Å². The summed E-state index contributed by atoms with van der Waals surface area (Å²) < 4.78 is 12.1. The zero-order valence-corrected chi connectivity index (χ0v) is 20.6. The van der Waals surface area contributed by atoms with Crippen LogP contribution < -0.4 is 10.1 Å². The summed E-state index contributed by atoms with van der Waals surface area (Å²) in [4.78, 5) is 23.6. The number of hydrogen-bond donors (Lipinski definition) is 1. The molecule has 180 valence electrons. The van der Waals surface area contributed by atoms with Gasteiger partial charge in [-0.2, -0.15) is 5.26 Å². The Kier molecular flexibility index (Phi) is 6.65. The van der Waals surface area contributed by atoms with Gasteiger partial charge in [0.25, 0.3) is 0 Å². The molecule has 1 amide bonds. The molecule has 2 aromatic rings. The van der Waals surface area contributed by atoms with E-state index in [1.807, 2.05) is 51.7 Å². The van der Waals surface area contributed by atoms with Crippen LogP contribution in [0.4, 0.5) is 16.3 Å². The number of nitriles is 1. The number of carbonyl (C=O) groups excluding carboxylic acids is 1. The third-order valence-electron chi connectivity index (χ3n) is 6.46. The first-order valence-electron chi connectivity index (χ1n) is 11.9. The largest absolute Gasteiger partial charge is 0.474 e. The summed E-state index contributed by atoms with van der Waals surface area (Å²) in [6.45, 7) is 9.60. The highest BCUT2D eigenvalue weighted by Crippen LogP contribution is 2.37. The molecular formula is C26H33N5O3. The molecule has 2 unspecified atom stereocenters. The highest BCUT2D eigenvalue weighted by atomic mass is 16.6. The van der Waals surface area contributed by atoms with E-state index in [1.54, 1.807) is 6.07 Å². The highest BCUT2D eigenvalue weighted by Gasteiger charge is 2.43. The number of aromatic nitrogens is 2. The number of ether oxygens (including phenoxy) is 2. The highest BCUT2D eigenvalue weighted by molar-refractivity contribution is 5.69. The van der Waals surface area contributed by atoms with Crippen molar-refractivity contribution in [2.45, 2.75) is 90.5 Å². The number of nitrogens with one attached hydrogen (secondary N) is 1. The molecule has 8 heteroatoms. The van der Waals surface area contributed by atoms with Crippen molar-refractivity contribution in [2.24, 2.45) is 0 Å². The van der Waals surface area contributed by atoms with E-state index < -0.39 is 5.60 Å². The maximum Gasteiger partial charge on any atom is 0.410 e. The third kappa shape index (κ3) is 5.24. The first kappa shape index (κ1) is 23.8. The number of rotatable bonds is 4. The Balaban J connectivity index is 1.47. The number of benzene rings is 1. The number of piperidine rings is 2. The second-order valence-corrected chi connectivity index (χ2v) is 10.3. The van der Waals surface area contributed by atoms with Crippen LogP contribution in [0.15, 0.2) is 24.5 Å². The molecule has 2 aliphatic rings. The predicted octanol–water partition coefficient (Wildman–Crippen LogP) is 5.41. The van der Waals surface area contributed by atoms with E-state index in [0.29, 0.717) is 17.3 Å². The Hall–Kier alpha value is -3.34. The van der Waals surface area contributed by atoms with Crippen molar-refractivity contribution in [1.29, 1.82) is 5.26 Å². The van der Waals surface area contributed by atoms with Gasteiger partial charge in [-0.05, 0) is 77.6 Å². The minimum atomic E-state index is -0.506. The minimum absolute atomic E-state index is 0.0212. The zero-order valence-electron chi connectivity index (χ0n) is 20.6. The van der Waals surface area contributed by atoms with Crippen LogP contribution in [0, 0.1) is 25.2 Å². The summed E-state index contributed by atoms with van der Waals surface area (Å²) in [7, 11) is 0. The van der Waals surface area contributed by atoms with Crippen LogP contribution in [-0.2, 0) is 4.74 Å². The van der Waals surface area contributed by atoms with Crippen molar-refractivity contribution in [3.63, 3.8) is 0 Å². The fraction of sp³-hybridized carbons (Fsp3) is 0.538. The van der Waals surface area contributed by atoms with Crippen LogP contribution in [0.25, 0.3) is 0 Å². The zero-order chi connectivity index (χ0) is 24.5. The summed E-state index contributed by atoms with van der Waals surface area (Å²) in [6, 6.07) is 7.89. The van der Waals surface area contributed by atoms with Gasteiger partial charge in [0.2, 0.25) is 5.88 Å². The molecule has 8 nitrogen and oxygen atoms in total. The summed E-state index contributed by atoms with van der Waals surface area (Å²) >= 11 is 0. The molecular weight excluding hydrogens is 430 g/mol. The molecule has 3 heterocycles. The predicted molar refractivity (Wildman–Crippen MR) is 129 cm³/mol. The van der Waals surface area contributed by atoms with Gasteiger partial charge in [0.15, 0.2) is 0 Å². The average molecular weight is 464 g/mol. The molecule has 0 spiro atoms. The summed E-state index contributed by atoms with van der Waals surface area (Å²) in [6.07, 6.45) is 5.82. The van der Waals surface area contributed by atoms with Gasteiger partial charge in [0.05, 0.1) is 17.2 Å². The summed E-state index contributed by atoms with van der Waals surface area (Å²) in [5.74, 6) is 1.22. The first-order valence-corrected chi connectivity index (χ1v) is 11.9. The van der Waals surface area contributed by atoms with Crippen LogP contribution in [0.5, 0.6) is 5.88 Å². The second-order valence-electron chi connectivity index (χ2n) is 10.3. The Bertz CT molecular complexity index is 1090. The normalized spacial score (nSPS) is 22.0. The molecule has 34 heavy (non-hydrogen) atoms. The number of aryl methyl sites for hydroxylation is 1. The average Bonchev–Trinajstić information content (AvgIpc) is 2.76. The van der Waals surface area contributed by atoms with Crippen molar-refractivity contribution in [2.75, 3.05) is 5.32 Å². The van der Waals surface area contributed by atoms with Gasteiger partial charge >= 0.3 is 6.09 Å². The number of carbonyl (C=O) groups is 1. The maximum absolute atomic E-state index is 12.8. The molecule has 2 atom stereocenters. The van der Waals surface area contributed by atoms with E-state index in [4.69, 9.17) is 14.7 Å². The van der Waals surface area contributed by atoms with Crippen LogP contribution in [-0.4, -0.2) is 44.7 Å². The van der Waals surface area contributed by atoms with Crippen LogP contribution >= 0.6 is 0 Å².